The molecule has 0 aromatic heterocycles. The average molecular weight is 435 g/mol. The number of sulfonamides is 1. The Labute approximate surface area is 173 Å². The Kier molecular flexibility index (Phi) is 6.53. The molecule has 0 saturated carbocycles. The number of nitrogens with zero attached hydrogens (tertiary/aromatic N) is 2. The minimum Gasteiger partial charge on any atom is -0.489 e. The fraction of sp³-hybridized carbons (Fsp3) is 0.316. The Morgan fingerprint density at radius 1 is 1.07 bits per heavy atom. The highest BCUT2D eigenvalue weighted by Gasteiger charge is 2.28. The smallest absolute Gasteiger partial charge is 0.310 e. The lowest BCUT2D eigenvalue weighted by Gasteiger charge is -2.17. The summed E-state index contributed by atoms with van der Waals surface area (Å²) in [4.78, 5) is 22.2. The first-order valence-electron chi connectivity index (χ1n) is 9.24. The zero-order valence-electron chi connectivity index (χ0n) is 16.0. The number of ether oxygens (including phenoxy) is 2. The predicted octanol–water partition coefficient (Wildman–Crippen LogP) is 1.94. The van der Waals surface area contributed by atoms with E-state index in [0.717, 1.165) is 12.8 Å². The number of nitrogens with two attached hydrogens (primary N) is 1. The monoisotopic (exact) mass is 435 g/mol. The summed E-state index contributed by atoms with van der Waals surface area (Å²) in [5, 5.41) is 11.0. The molecule has 0 radical (unpaired) electrons. The second-order valence-corrected chi connectivity index (χ2v) is 8.49. The Bertz CT molecular complexity index is 1050. The normalized spacial score (nSPS) is 14.4. The van der Waals surface area contributed by atoms with E-state index in [4.69, 9.17) is 15.2 Å². The van der Waals surface area contributed by atoms with Gasteiger partial charge in [-0.15, -0.1) is 0 Å². The van der Waals surface area contributed by atoms with Crippen LogP contribution in [0.4, 0.5) is 5.69 Å². The van der Waals surface area contributed by atoms with Gasteiger partial charge in [0, 0.05) is 19.2 Å². The third-order valence-corrected chi connectivity index (χ3v) is 6.47. The van der Waals surface area contributed by atoms with Crippen molar-refractivity contribution in [2.24, 2.45) is 5.73 Å². The molecular formula is C19H21N3O7S. The van der Waals surface area contributed by atoms with Gasteiger partial charge in [-0.2, -0.15) is 4.31 Å². The maximum absolute atomic E-state index is 12.7. The molecule has 30 heavy (non-hydrogen) atoms. The molecule has 2 aromatic rings. The van der Waals surface area contributed by atoms with Crippen LogP contribution in [-0.2, 0) is 10.0 Å². The Hall–Kier alpha value is -3.18. The zero-order valence-corrected chi connectivity index (χ0v) is 16.8. The van der Waals surface area contributed by atoms with E-state index >= 15 is 0 Å². The summed E-state index contributed by atoms with van der Waals surface area (Å²) in [7, 11) is -3.70. The van der Waals surface area contributed by atoms with E-state index in [1.807, 2.05) is 0 Å². The number of carbonyl (C=O) groups excluding carboxylic acids is 1. The Morgan fingerprint density at radius 3 is 2.33 bits per heavy atom. The fourth-order valence-corrected chi connectivity index (χ4v) is 4.64. The second-order valence-electron chi connectivity index (χ2n) is 6.56. The van der Waals surface area contributed by atoms with Crippen LogP contribution in [0, 0.1) is 10.1 Å². The third kappa shape index (κ3) is 4.69. The van der Waals surface area contributed by atoms with Gasteiger partial charge < -0.3 is 15.2 Å². The van der Waals surface area contributed by atoms with E-state index in [0.29, 0.717) is 13.1 Å². The molecule has 10 nitrogen and oxygen atoms in total. The lowest BCUT2D eigenvalue weighted by atomic mass is 10.2. The van der Waals surface area contributed by atoms with Crippen LogP contribution in [0.1, 0.15) is 23.2 Å². The van der Waals surface area contributed by atoms with Crippen LogP contribution in [-0.4, -0.2) is 49.9 Å². The van der Waals surface area contributed by atoms with E-state index < -0.39 is 20.9 Å². The van der Waals surface area contributed by atoms with E-state index in [-0.39, 0.29) is 40.9 Å². The highest BCUT2D eigenvalue weighted by molar-refractivity contribution is 7.89. The summed E-state index contributed by atoms with van der Waals surface area (Å²) >= 11 is 0. The van der Waals surface area contributed by atoms with Crippen molar-refractivity contribution in [3.63, 3.8) is 0 Å². The number of amides is 1. The summed E-state index contributed by atoms with van der Waals surface area (Å²) in [5.74, 6) is -0.634. The maximum Gasteiger partial charge on any atom is 0.310 e. The van der Waals surface area contributed by atoms with E-state index in [9.17, 15) is 23.3 Å². The molecule has 0 atom stereocenters. The highest BCUT2D eigenvalue weighted by Crippen LogP contribution is 2.27. The van der Waals surface area contributed by atoms with Crippen LogP contribution in [0.2, 0.25) is 0 Å². The van der Waals surface area contributed by atoms with Crippen LogP contribution in [0.25, 0.3) is 0 Å². The number of rotatable bonds is 9. The maximum atomic E-state index is 12.7. The number of primary amides is 1. The number of hydrogen-bond donors (Lipinski definition) is 1. The molecule has 1 saturated heterocycles. The summed E-state index contributed by atoms with van der Waals surface area (Å²) in [5.41, 5.74) is 5.15. The summed E-state index contributed by atoms with van der Waals surface area (Å²) < 4.78 is 37.6. The molecule has 1 fully saturated rings. The van der Waals surface area contributed by atoms with Crippen LogP contribution in [0.3, 0.4) is 0 Å². The molecule has 3 rings (SSSR count). The average Bonchev–Trinajstić information content (AvgIpc) is 3.27. The lowest BCUT2D eigenvalue weighted by Crippen LogP contribution is -2.28. The summed E-state index contributed by atoms with van der Waals surface area (Å²) in [6.45, 7) is 0.812. The SMILES string of the molecule is NC(=O)c1cc(S(=O)(=O)N2CCCC2)ccc1OCCOc1ccccc1[N+](=O)[O-]. The number of nitro benzene ring substituents is 1. The van der Waals surface area contributed by atoms with Crippen molar-refractivity contribution in [2.45, 2.75) is 17.7 Å². The minimum atomic E-state index is -3.70. The lowest BCUT2D eigenvalue weighted by molar-refractivity contribution is -0.385. The van der Waals surface area contributed by atoms with E-state index in [1.54, 1.807) is 6.07 Å². The van der Waals surface area contributed by atoms with E-state index in [1.165, 1.54) is 40.7 Å². The first kappa shape index (κ1) is 21.5. The molecule has 0 spiro atoms. The molecule has 1 heterocycles. The van der Waals surface area contributed by atoms with Gasteiger partial charge in [0.1, 0.15) is 19.0 Å². The van der Waals surface area contributed by atoms with Crippen molar-refractivity contribution < 1.29 is 27.6 Å². The molecule has 0 bridgehead atoms. The van der Waals surface area contributed by atoms with Gasteiger partial charge in [0.25, 0.3) is 5.91 Å². The standard InChI is InChI=1S/C19H21N3O7S/c20-19(23)15-13-14(30(26,27)21-9-3-4-10-21)7-8-17(15)28-11-12-29-18-6-2-1-5-16(18)22(24)25/h1-2,5-8,13H,3-4,9-12H2,(H2,20,23). The third-order valence-electron chi connectivity index (χ3n) is 4.58. The number of hydrogen-bond acceptors (Lipinski definition) is 7. The van der Waals surface area contributed by atoms with Crippen molar-refractivity contribution in [3.05, 3.63) is 58.1 Å². The number of nitro groups is 1. The van der Waals surface area contributed by atoms with Crippen LogP contribution in [0.15, 0.2) is 47.4 Å². The van der Waals surface area contributed by atoms with Gasteiger partial charge in [0.05, 0.1) is 15.4 Å². The van der Waals surface area contributed by atoms with Gasteiger partial charge in [-0.05, 0) is 37.1 Å². The van der Waals surface area contributed by atoms with Gasteiger partial charge >= 0.3 is 5.69 Å². The van der Waals surface area contributed by atoms with Crippen molar-refractivity contribution >= 4 is 21.6 Å². The van der Waals surface area contributed by atoms with E-state index in [2.05, 4.69) is 0 Å². The quantitative estimate of drug-likeness (QED) is 0.360. The fourth-order valence-electron chi connectivity index (χ4n) is 3.10. The Balaban J connectivity index is 1.69. The number of benzene rings is 2. The summed E-state index contributed by atoms with van der Waals surface area (Å²) in [6, 6.07) is 9.85. The molecule has 160 valence electrons. The molecule has 11 heteroatoms. The topological polar surface area (TPSA) is 142 Å². The first-order chi connectivity index (χ1) is 14.3. The van der Waals surface area contributed by atoms with Crippen molar-refractivity contribution in [3.8, 4) is 11.5 Å². The van der Waals surface area contributed by atoms with Crippen molar-refractivity contribution in [2.75, 3.05) is 26.3 Å². The van der Waals surface area contributed by atoms with Crippen molar-refractivity contribution in [1.82, 2.24) is 4.31 Å². The number of para-hydroxylation sites is 2. The van der Waals surface area contributed by atoms with Crippen molar-refractivity contribution in [1.29, 1.82) is 0 Å². The van der Waals surface area contributed by atoms with Crippen LogP contribution < -0.4 is 15.2 Å². The van der Waals surface area contributed by atoms with Gasteiger partial charge in [-0.1, -0.05) is 12.1 Å². The zero-order chi connectivity index (χ0) is 21.7. The summed E-state index contributed by atoms with van der Waals surface area (Å²) in [6.07, 6.45) is 1.59. The molecule has 2 N–H and O–H groups in total. The van der Waals surface area contributed by atoms with Gasteiger partial charge in [0.2, 0.25) is 10.0 Å². The molecule has 2 aromatic carbocycles. The molecule has 1 aliphatic rings. The van der Waals surface area contributed by atoms with Gasteiger partial charge in [0.15, 0.2) is 5.75 Å². The molecule has 0 unspecified atom stereocenters. The van der Waals surface area contributed by atoms with Crippen LogP contribution >= 0.6 is 0 Å². The van der Waals surface area contributed by atoms with Gasteiger partial charge in [-0.3, -0.25) is 14.9 Å². The minimum absolute atomic E-state index is 0.0262. The highest BCUT2D eigenvalue weighted by atomic mass is 32.2. The largest absolute Gasteiger partial charge is 0.489 e. The second kappa shape index (κ2) is 9.09. The molecule has 0 aliphatic carbocycles. The number of carbonyl (C=O) groups is 1. The molecule has 1 amide bonds. The Morgan fingerprint density at radius 2 is 1.70 bits per heavy atom. The molecule has 1 aliphatic heterocycles. The predicted molar refractivity (Wildman–Crippen MR) is 107 cm³/mol. The van der Waals surface area contributed by atoms with Crippen LogP contribution in [0.5, 0.6) is 11.5 Å². The first-order valence-corrected chi connectivity index (χ1v) is 10.7. The molecular weight excluding hydrogens is 414 g/mol. The van der Waals surface area contributed by atoms with Gasteiger partial charge in [-0.25, -0.2) is 8.42 Å².